The van der Waals surface area contributed by atoms with E-state index in [4.69, 9.17) is 23.7 Å². The van der Waals surface area contributed by atoms with E-state index in [0.717, 1.165) is 55.2 Å². The molecule has 7 fully saturated rings. The number of hydrogen-bond acceptors (Lipinski definition) is 10. The number of hydrogen-bond donors (Lipinski definition) is 2. The molecule has 6 aliphatic carbocycles. The van der Waals surface area contributed by atoms with E-state index in [1.54, 1.807) is 5.57 Å². The van der Waals surface area contributed by atoms with E-state index in [-0.39, 0.29) is 67.3 Å². The Kier molecular flexibility index (Phi) is 11.5. The molecular weight excluding hydrogens is 785 g/mol. The summed E-state index contributed by atoms with van der Waals surface area (Å²) in [6.45, 7) is 17.6. The molecular formula is C52H72O10. The summed E-state index contributed by atoms with van der Waals surface area (Å²) in [5, 5.41) is 22.7. The lowest BCUT2D eigenvalue weighted by Crippen LogP contribution is -2.77. The van der Waals surface area contributed by atoms with Crippen molar-refractivity contribution >= 4 is 17.9 Å². The first-order chi connectivity index (χ1) is 29.5. The van der Waals surface area contributed by atoms with Gasteiger partial charge in [0.25, 0.3) is 0 Å². The first-order valence-electron chi connectivity index (χ1n) is 24.2. The van der Waals surface area contributed by atoms with Crippen molar-refractivity contribution in [3.63, 3.8) is 0 Å². The smallest absolute Gasteiger partial charge is 0.334 e. The van der Waals surface area contributed by atoms with Crippen molar-refractivity contribution in [2.45, 2.75) is 185 Å². The SMILES string of the molecule is C=C1/C(=C\C=C2/CCC[C@@]3(C)C2CCC3[C@@H](C)/C=C/C(OC(=O)CCCC(=O)O[C@@H]2[C@](O)(C(C)C)C[C@@H]3O[C@@]34[C@@]3(C)CCC5=C(COC5=O)C3CO[C@]24C)C2CC2)CCC[C@@H]1O. The Bertz CT molecular complexity index is 1970. The van der Waals surface area contributed by atoms with E-state index >= 15 is 0 Å². The van der Waals surface area contributed by atoms with Gasteiger partial charge in [0.05, 0.1) is 18.8 Å². The van der Waals surface area contributed by atoms with E-state index in [1.807, 2.05) is 20.8 Å². The molecule has 3 aliphatic heterocycles. The third kappa shape index (κ3) is 7.06. The van der Waals surface area contributed by atoms with Crippen LogP contribution in [0.5, 0.6) is 0 Å². The number of esters is 3. The Hall–Kier alpha value is -3.05. The van der Waals surface area contributed by atoms with Gasteiger partial charge in [0.15, 0.2) is 6.10 Å². The zero-order chi connectivity index (χ0) is 44.0. The van der Waals surface area contributed by atoms with Crippen molar-refractivity contribution in [3.8, 4) is 0 Å². The lowest BCUT2D eigenvalue weighted by atomic mass is 9.48. The minimum Gasteiger partial charge on any atom is -0.458 e. The zero-order valence-corrected chi connectivity index (χ0v) is 38.2. The molecule has 0 aromatic rings. The zero-order valence-electron chi connectivity index (χ0n) is 38.2. The number of epoxide rings is 1. The largest absolute Gasteiger partial charge is 0.458 e. The molecule has 3 heterocycles. The van der Waals surface area contributed by atoms with Crippen LogP contribution in [0.1, 0.15) is 144 Å². The van der Waals surface area contributed by atoms with E-state index < -0.39 is 40.4 Å². The molecule has 0 amide bonds. The second-order valence-corrected chi connectivity index (χ2v) is 21.9. The van der Waals surface area contributed by atoms with Crippen molar-refractivity contribution in [3.05, 3.63) is 58.7 Å². The van der Waals surface area contributed by atoms with Crippen molar-refractivity contribution in [1.29, 1.82) is 0 Å². The third-order valence-corrected chi connectivity index (χ3v) is 18.3. The van der Waals surface area contributed by atoms with Gasteiger partial charge in [-0.15, -0.1) is 0 Å². The molecule has 2 N–H and O–H groups in total. The minimum atomic E-state index is -1.38. The highest BCUT2D eigenvalue weighted by molar-refractivity contribution is 5.92. The van der Waals surface area contributed by atoms with Crippen molar-refractivity contribution in [1.82, 2.24) is 0 Å². The summed E-state index contributed by atoms with van der Waals surface area (Å²) in [5.41, 5.74) is 1.90. The highest BCUT2D eigenvalue weighted by Crippen LogP contribution is 2.73. The predicted octanol–water partition coefficient (Wildman–Crippen LogP) is 8.74. The summed E-state index contributed by atoms with van der Waals surface area (Å²) in [6.07, 6.45) is 19.9. The molecule has 5 saturated carbocycles. The van der Waals surface area contributed by atoms with E-state index in [9.17, 15) is 24.6 Å². The average Bonchev–Trinajstić information content (AvgIpc) is 4.14. The van der Waals surface area contributed by atoms with Gasteiger partial charge in [-0.2, -0.15) is 0 Å². The highest BCUT2D eigenvalue weighted by atomic mass is 16.7. The summed E-state index contributed by atoms with van der Waals surface area (Å²) in [4.78, 5) is 39.6. The quantitative estimate of drug-likeness (QED) is 0.0848. The van der Waals surface area contributed by atoms with E-state index in [0.29, 0.717) is 49.5 Å². The Balaban J connectivity index is 0.805. The molecule has 9 aliphatic rings. The van der Waals surface area contributed by atoms with Crippen LogP contribution in [0.15, 0.2) is 58.7 Å². The van der Waals surface area contributed by atoms with Crippen LogP contribution < -0.4 is 0 Å². The maximum absolute atomic E-state index is 13.7. The molecule has 13 atom stereocenters. The fraction of sp³-hybridized carbons (Fsp3) is 0.750. The van der Waals surface area contributed by atoms with Gasteiger partial charge in [-0.25, -0.2) is 4.79 Å². The molecule has 2 saturated heterocycles. The average molecular weight is 857 g/mol. The fourth-order valence-corrected chi connectivity index (χ4v) is 14.3. The highest BCUT2D eigenvalue weighted by Gasteiger charge is 2.86. The van der Waals surface area contributed by atoms with Gasteiger partial charge in [-0.3, -0.25) is 9.59 Å². The second kappa shape index (κ2) is 16.1. The van der Waals surface area contributed by atoms with Crippen LogP contribution in [0.4, 0.5) is 0 Å². The Morgan fingerprint density at radius 3 is 2.47 bits per heavy atom. The summed E-state index contributed by atoms with van der Waals surface area (Å²) in [6, 6.07) is 0. The summed E-state index contributed by atoms with van der Waals surface area (Å²) in [7, 11) is 0. The van der Waals surface area contributed by atoms with Crippen LogP contribution >= 0.6 is 0 Å². The van der Waals surface area contributed by atoms with Gasteiger partial charge in [0, 0.05) is 36.2 Å². The van der Waals surface area contributed by atoms with Crippen LogP contribution in [-0.4, -0.2) is 82.6 Å². The molecule has 4 unspecified atom stereocenters. The third-order valence-electron chi connectivity index (χ3n) is 18.3. The van der Waals surface area contributed by atoms with Gasteiger partial charge in [-0.05, 0) is 148 Å². The lowest BCUT2D eigenvalue weighted by Gasteiger charge is -2.62. The molecule has 1 spiro atoms. The number of ether oxygens (including phenoxy) is 5. The van der Waals surface area contributed by atoms with Crippen LogP contribution in [0.25, 0.3) is 0 Å². The van der Waals surface area contributed by atoms with Crippen LogP contribution in [-0.2, 0) is 38.1 Å². The van der Waals surface area contributed by atoms with Crippen molar-refractivity contribution in [2.24, 2.45) is 46.3 Å². The normalized spacial score (nSPS) is 43.4. The number of cyclic esters (lactones) is 1. The molecule has 0 radical (unpaired) electrons. The van der Waals surface area contributed by atoms with Gasteiger partial charge in [0.1, 0.15) is 29.5 Å². The Labute approximate surface area is 368 Å². The first-order valence-corrected chi connectivity index (χ1v) is 24.2. The van der Waals surface area contributed by atoms with Crippen molar-refractivity contribution < 1.29 is 48.3 Å². The minimum absolute atomic E-state index is 0.00930. The number of aliphatic hydroxyl groups excluding tert-OH is 1. The monoisotopic (exact) mass is 857 g/mol. The maximum atomic E-state index is 13.7. The molecule has 0 aromatic heterocycles. The fourth-order valence-electron chi connectivity index (χ4n) is 14.3. The summed E-state index contributed by atoms with van der Waals surface area (Å²) in [5.74, 6) is 0.435. The predicted molar refractivity (Wildman–Crippen MR) is 233 cm³/mol. The van der Waals surface area contributed by atoms with Gasteiger partial charge < -0.3 is 33.9 Å². The molecule has 10 nitrogen and oxygen atoms in total. The molecule has 0 bridgehead atoms. The van der Waals surface area contributed by atoms with Crippen LogP contribution in [0.2, 0.25) is 0 Å². The second-order valence-electron chi connectivity index (χ2n) is 21.9. The number of allylic oxidation sites excluding steroid dienone is 4. The van der Waals surface area contributed by atoms with Gasteiger partial charge >= 0.3 is 17.9 Å². The summed E-state index contributed by atoms with van der Waals surface area (Å²) < 4.78 is 31.3. The van der Waals surface area contributed by atoms with E-state index in [2.05, 4.69) is 51.7 Å². The Morgan fingerprint density at radius 1 is 0.935 bits per heavy atom. The number of carbonyl (C=O) groups excluding carboxylic acids is 3. The summed E-state index contributed by atoms with van der Waals surface area (Å²) >= 11 is 0. The molecule has 10 heteroatoms. The van der Waals surface area contributed by atoms with Gasteiger partial charge in [-0.1, -0.05) is 65.0 Å². The molecule has 62 heavy (non-hydrogen) atoms. The number of aliphatic hydroxyl groups is 2. The molecule has 0 aromatic carbocycles. The molecule has 340 valence electrons. The molecule has 9 rings (SSSR count). The maximum Gasteiger partial charge on any atom is 0.334 e. The number of carbonyl (C=O) groups is 3. The van der Waals surface area contributed by atoms with Crippen LogP contribution in [0.3, 0.4) is 0 Å². The number of rotatable bonds is 12. The Morgan fingerprint density at radius 2 is 1.71 bits per heavy atom. The topological polar surface area (TPSA) is 141 Å². The first kappa shape index (κ1) is 44.2. The van der Waals surface area contributed by atoms with Gasteiger partial charge in [0.2, 0.25) is 0 Å². The van der Waals surface area contributed by atoms with Crippen molar-refractivity contribution in [2.75, 3.05) is 13.2 Å². The standard InChI is InChI=1S/C52H72O10/c1-30(2)51(57)27-43-52(62-43)49(6)26-24-36-37(28-58-46(36)56)40(49)29-59-50(52,7)47(51)61-45(55)15-9-14-44(54)60-42(35-19-20-35)23-16-31(3)38-21-22-39-34(12-10-25-48(38,39)5)18-17-33-11-8-13-41(53)32(33)4/h16-18,23,30-31,35,38-43,47,53,57H,4,8-15,19-22,24-29H2,1-3,5-7H3/b23-16+,33-17-,34-18+/t31-,38?,39?,40?,41-,42?,43-,47-,48+,49-,50+,51+,52+/m0/s1. The van der Waals surface area contributed by atoms with Crippen LogP contribution in [0, 0.1) is 46.3 Å². The van der Waals surface area contributed by atoms with E-state index in [1.165, 1.54) is 31.3 Å². The number of fused-ring (bicyclic) bond motifs is 3. The lowest BCUT2D eigenvalue weighted by molar-refractivity contribution is -0.290.